The number of fused-ring (bicyclic) bond motifs is 4. The molecule has 5 heterocycles. The van der Waals surface area contributed by atoms with E-state index in [4.69, 9.17) is 26.3 Å². The Balaban J connectivity index is 1.23. The van der Waals surface area contributed by atoms with Gasteiger partial charge in [-0.05, 0) is 98.8 Å². The minimum Gasteiger partial charge on any atom is -0.508 e. The minimum absolute atomic E-state index is 0.00398. The summed E-state index contributed by atoms with van der Waals surface area (Å²) in [6.07, 6.45) is 9.81. The van der Waals surface area contributed by atoms with Gasteiger partial charge in [-0.15, -0.1) is 0 Å². The quantitative estimate of drug-likeness (QED) is 0.338. The molecule has 2 bridgehead atoms. The Morgan fingerprint density at radius 1 is 1.12 bits per heavy atom. The molecule has 6 atom stereocenters. The van der Waals surface area contributed by atoms with E-state index in [-0.39, 0.29) is 34.4 Å². The summed E-state index contributed by atoms with van der Waals surface area (Å²) in [5, 5.41) is 11.5. The molecule has 0 amide bonds. The number of piperidine rings is 1. The Bertz CT molecular complexity index is 1560. The maximum atomic E-state index is 16.7. The molecule has 0 radical (unpaired) electrons. The predicted octanol–water partition coefficient (Wildman–Crippen LogP) is 6.80. The van der Waals surface area contributed by atoms with Crippen LogP contribution in [0.2, 0.25) is 5.02 Å². The average Bonchev–Trinajstić information content (AvgIpc) is 3.22. The van der Waals surface area contributed by atoms with Gasteiger partial charge < -0.3 is 14.7 Å². The van der Waals surface area contributed by atoms with Crippen LogP contribution in [-0.4, -0.2) is 63.3 Å². The normalized spacial score (nSPS) is 32.1. The standard InChI is InChI=1S/C33H39ClFN5O2/c1-18-12-33(6-3-7-40(33)14-18)17-42-32-37-30-25(31(38-32)39-15-20-4-5-21(9-20)16-39)13-36-29(28(30)35)24-10-22(41)11-26(34)27(24)23-8-19(23)2/h10-11,13,18-21,23,41H,3-9,12,14-17H2,1-2H3/t18-,19-,20?,21?,23-,33+/m1/s1. The molecule has 2 saturated carbocycles. The number of pyridine rings is 1. The molecular weight excluding hydrogens is 553 g/mol. The van der Waals surface area contributed by atoms with Crippen molar-refractivity contribution >= 4 is 28.3 Å². The number of aromatic nitrogens is 3. The topological polar surface area (TPSA) is 74.6 Å². The zero-order chi connectivity index (χ0) is 28.7. The van der Waals surface area contributed by atoms with Crippen LogP contribution in [0.5, 0.6) is 11.8 Å². The Morgan fingerprint density at radius 3 is 2.67 bits per heavy atom. The first-order chi connectivity index (χ1) is 20.3. The van der Waals surface area contributed by atoms with E-state index in [1.807, 2.05) is 0 Å². The zero-order valence-electron chi connectivity index (χ0n) is 24.5. The summed E-state index contributed by atoms with van der Waals surface area (Å²) in [6, 6.07) is 3.36. The van der Waals surface area contributed by atoms with Crippen molar-refractivity contribution in [2.75, 3.05) is 37.7 Å². The molecule has 3 aliphatic heterocycles. The highest BCUT2D eigenvalue weighted by molar-refractivity contribution is 6.32. The van der Waals surface area contributed by atoms with Gasteiger partial charge in [0.05, 0.1) is 10.9 Å². The van der Waals surface area contributed by atoms with Gasteiger partial charge in [0.25, 0.3) is 0 Å². The van der Waals surface area contributed by atoms with Gasteiger partial charge in [0.15, 0.2) is 5.82 Å². The van der Waals surface area contributed by atoms with E-state index >= 15 is 4.39 Å². The molecule has 1 aromatic carbocycles. The van der Waals surface area contributed by atoms with Crippen molar-refractivity contribution in [3.63, 3.8) is 0 Å². The summed E-state index contributed by atoms with van der Waals surface area (Å²) >= 11 is 6.63. The fraction of sp³-hybridized carbons (Fsp3) is 0.606. The van der Waals surface area contributed by atoms with Crippen molar-refractivity contribution in [1.29, 1.82) is 0 Å². The number of hydrogen-bond donors (Lipinski definition) is 1. The molecule has 0 spiro atoms. The largest absolute Gasteiger partial charge is 0.508 e. The molecule has 2 aromatic heterocycles. The maximum absolute atomic E-state index is 16.7. The summed E-state index contributed by atoms with van der Waals surface area (Å²) in [5.74, 6) is 2.77. The number of anilines is 1. The third-order valence-electron chi connectivity index (χ3n) is 10.9. The maximum Gasteiger partial charge on any atom is 0.319 e. The van der Waals surface area contributed by atoms with Crippen LogP contribution in [0.15, 0.2) is 18.3 Å². The third kappa shape index (κ3) is 4.43. The van der Waals surface area contributed by atoms with Crippen LogP contribution in [0.1, 0.15) is 70.3 Å². The van der Waals surface area contributed by atoms with Crippen LogP contribution in [-0.2, 0) is 0 Å². The summed E-state index contributed by atoms with van der Waals surface area (Å²) < 4.78 is 23.2. The van der Waals surface area contributed by atoms with Gasteiger partial charge in [0, 0.05) is 36.4 Å². The monoisotopic (exact) mass is 591 g/mol. The molecule has 42 heavy (non-hydrogen) atoms. The molecule has 9 heteroatoms. The van der Waals surface area contributed by atoms with Crippen molar-refractivity contribution < 1.29 is 14.2 Å². The molecule has 222 valence electrons. The second-order valence-electron chi connectivity index (χ2n) is 14.0. The number of hydrogen-bond acceptors (Lipinski definition) is 7. The highest BCUT2D eigenvalue weighted by atomic mass is 35.5. The molecule has 8 rings (SSSR count). The zero-order valence-corrected chi connectivity index (χ0v) is 25.2. The molecule has 5 fully saturated rings. The van der Waals surface area contributed by atoms with Crippen molar-refractivity contribution in [1.82, 2.24) is 19.9 Å². The summed E-state index contributed by atoms with van der Waals surface area (Å²) in [6.45, 7) is 9.00. The molecule has 2 unspecified atom stereocenters. The molecule has 3 saturated heterocycles. The lowest BCUT2D eigenvalue weighted by molar-refractivity contribution is 0.107. The van der Waals surface area contributed by atoms with E-state index in [9.17, 15) is 5.11 Å². The first-order valence-corrected chi connectivity index (χ1v) is 16.2. The lowest BCUT2D eigenvalue weighted by Gasteiger charge is -2.34. The van der Waals surface area contributed by atoms with Gasteiger partial charge >= 0.3 is 6.01 Å². The number of benzene rings is 1. The van der Waals surface area contributed by atoms with Crippen LogP contribution >= 0.6 is 11.6 Å². The molecule has 2 aliphatic carbocycles. The molecular formula is C33H39ClFN5O2. The van der Waals surface area contributed by atoms with Gasteiger partial charge in [0.2, 0.25) is 0 Å². The summed E-state index contributed by atoms with van der Waals surface area (Å²) in [4.78, 5) is 19.2. The minimum atomic E-state index is -0.521. The van der Waals surface area contributed by atoms with E-state index in [0.29, 0.717) is 46.3 Å². The smallest absolute Gasteiger partial charge is 0.319 e. The van der Waals surface area contributed by atoms with Crippen molar-refractivity contribution in [3.05, 3.63) is 34.7 Å². The predicted molar refractivity (Wildman–Crippen MR) is 162 cm³/mol. The highest BCUT2D eigenvalue weighted by Gasteiger charge is 2.48. The van der Waals surface area contributed by atoms with Crippen molar-refractivity contribution in [2.45, 2.75) is 70.3 Å². The van der Waals surface area contributed by atoms with Gasteiger partial charge in [-0.25, -0.2) is 4.39 Å². The molecule has 3 aromatic rings. The lowest BCUT2D eigenvalue weighted by atomic mass is 9.92. The van der Waals surface area contributed by atoms with E-state index in [1.165, 1.54) is 31.7 Å². The second kappa shape index (κ2) is 9.91. The first-order valence-electron chi connectivity index (χ1n) is 15.8. The number of aromatic hydroxyl groups is 1. The Morgan fingerprint density at radius 2 is 1.90 bits per heavy atom. The van der Waals surface area contributed by atoms with E-state index < -0.39 is 5.82 Å². The van der Waals surface area contributed by atoms with Crippen LogP contribution < -0.4 is 9.64 Å². The van der Waals surface area contributed by atoms with Crippen molar-refractivity contribution in [3.8, 4) is 23.0 Å². The third-order valence-corrected chi connectivity index (χ3v) is 11.2. The fourth-order valence-electron chi connectivity index (χ4n) is 8.82. The van der Waals surface area contributed by atoms with Gasteiger partial charge in [-0.1, -0.05) is 25.4 Å². The molecule has 7 nitrogen and oxygen atoms in total. The first kappa shape index (κ1) is 26.9. The Kier molecular flexibility index (Phi) is 6.34. The SMILES string of the molecule is C[C@H]1CN2CCC[C@@]2(COc2nc(N3CC4CCC(C4)C3)c3cnc(-c4cc(O)cc(Cl)c4[C@@H]4C[C@H]4C)c(F)c3n2)C1. The number of phenolic OH excluding ortho intramolecular Hbond substituents is 1. The van der Waals surface area contributed by atoms with Crippen LogP contribution in [0.4, 0.5) is 10.2 Å². The van der Waals surface area contributed by atoms with Gasteiger partial charge in [-0.2, -0.15) is 9.97 Å². The average molecular weight is 592 g/mol. The highest BCUT2D eigenvalue weighted by Crippen LogP contribution is 2.53. The van der Waals surface area contributed by atoms with Gasteiger partial charge in [0.1, 0.15) is 29.4 Å². The van der Waals surface area contributed by atoms with E-state index in [0.717, 1.165) is 56.8 Å². The molecule has 1 N–H and O–H groups in total. The number of halogens is 2. The van der Waals surface area contributed by atoms with Crippen LogP contribution in [0.25, 0.3) is 22.2 Å². The van der Waals surface area contributed by atoms with Crippen molar-refractivity contribution in [2.24, 2.45) is 23.7 Å². The van der Waals surface area contributed by atoms with Crippen LogP contribution in [0, 0.1) is 29.5 Å². The van der Waals surface area contributed by atoms with E-state index in [1.54, 1.807) is 12.3 Å². The van der Waals surface area contributed by atoms with Gasteiger partial charge in [-0.3, -0.25) is 9.88 Å². The number of rotatable bonds is 6. The van der Waals surface area contributed by atoms with Crippen LogP contribution in [0.3, 0.4) is 0 Å². The number of phenols is 1. The fourth-order valence-corrected chi connectivity index (χ4v) is 9.17. The number of nitrogens with zero attached hydrogens (tertiary/aromatic N) is 5. The number of ether oxygens (including phenoxy) is 1. The second-order valence-corrected chi connectivity index (χ2v) is 14.5. The molecule has 5 aliphatic rings. The lowest BCUT2D eigenvalue weighted by Crippen LogP contribution is -2.43. The Labute approximate surface area is 251 Å². The van der Waals surface area contributed by atoms with E-state index in [2.05, 4.69) is 28.6 Å². The summed E-state index contributed by atoms with van der Waals surface area (Å²) in [7, 11) is 0. The summed E-state index contributed by atoms with van der Waals surface area (Å²) in [5.41, 5.74) is 1.77. The Hall–Kier alpha value is -2.71.